The smallest absolute Gasteiger partial charge is 0.00459 e. The van der Waals surface area contributed by atoms with Crippen LogP contribution in [-0.4, -0.2) is 13.1 Å². The van der Waals surface area contributed by atoms with Crippen molar-refractivity contribution >= 4 is 0 Å². The molecule has 0 radical (unpaired) electrons. The molecule has 0 aliphatic heterocycles. The Bertz CT molecular complexity index is 534. The molecule has 0 heterocycles. The van der Waals surface area contributed by atoms with E-state index < -0.39 is 0 Å². The molecule has 0 saturated heterocycles. The summed E-state index contributed by atoms with van der Waals surface area (Å²) in [6.07, 6.45) is 3.57. The third kappa shape index (κ3) is 2.51. The summed E-state index contributed by atoms with van der Waals surface area (Å²) < 4.78 is 0. The lowest BCUT2D eigenvalue weighted by Gasteiger charge is -2.30. The van der Waals surface area contributed by atoms with E-state index in [1.54, 1.807) is 0 Å². The maximum Gasteiger partial charge on any atom is 0.00459 e. The fourth-order valence-corrected chi connectivity index (χ4v) is 3.52. The Labute approximate surface area is 122 Å². The van der Waals surface area contributed by atoms with Crippen LogP contribution in [0.25, 0.3) is 0 Å². The van der Waals surface area contributed by atoms with E-state index in [0.29, 0.717) is 0 Å². The van der Waals surface area contributed by atoms with Gasteiger partial charge in [0.15, 0.2) is 0 Å². The molecule has 0 fully saturated rings. The number of fused-ring (bicyclic) bond motifs is 1. The Morgan fingerprint density at radius 1 is 0.900 bits per heavy atom. The Balaban J connectivity index is 1.91. The van der Waals surface area contributed by atoms with Gasteiger partial charge in [-0.1, -0.05) is 61.5 Å². The molecule has 1 heteroatoms. The highest BCUT2D eigenvalue weighted by Gasteiger charge is 2.37. The first-order valence-electron chi connectivity index (χ1n) is 7.67. The second kappa shape index (κ2) is 5.80. The Hall–Kier alpha value is -1.60. The summed E-state index contributed by atoms with van der Waals surface area (Å²) in [4.78, 5) is 0. The van der Waals surface area contributed by atoms with Crippen LogP contribution in [0.1, 0.15) is 30.0 Å². The molecule has 20 heavy (non-hydrogen) atoms. The van der Waals surface area contributed by atoms with E-state index in [9.17, 15) is 0 Å². The van der Waals surface area contributed by atoms with Crippen molar-refractivity contribution in [1.82, 2.24) is 5.32 Å². The van der Waals surface area contributed by atoms with Gasteiger partial charge in [-0.3, -0.25) is 0 Å². The zero-order chi connectivity index (χ0) is 13.8. The maximum absolute atomic E-state index is 3.50. The maximum atomic E-state index is 3.50. The summed E-state index contributed by atoms with van der Waals surface area (Å²) in [5, 5.41) is 3.50. The van der Waals surface area contributed by atoms with Crippen molar-refractivity contribution in [2.24, 2.45) is 0 Å². The lowest BCUT2D eigenvalue weighted by atomic mass is 9.75. The van der Waals surface area contributed by atoms with E-state index in [2.05, 4.69) is 66.8 Å². The molecule has 2 aromatic carbocycles. The van der Waals surface area contributed by atoms with Crippen molar-refractivity contribution in [3.05, 3.63) is 71.3 Å². The molecular formula is C19H23N. The minimum absolute atomic E-state index is 0.285. The fourth-order valence-electron chi connectivity index (χ4n) is 3.52. The highest BCUT2D eigenvalue weighted by atomic mass is 14.8. The van der Waals surface area contributed by atoms with Crippen LogP contribution in [0.5, 0.6) is 0 Å². The van der Waals surface area contributed by atoms with Gasteiger partial charge in [0.1, 0.15) is 0 Å². The largest absolute Gasteiger partial charge is 0.317 e. The first-order valence-corrected chi connectivity index (χ1v) is 7.67. The molecule has 0 saturated carbocycles. The van der Waals surface area contributed by atoms with Crippen LogP contribution in [-0.2, 0) is 18.3 Å². The fraction of sp³-hybridized carbons (Fsp3) is 0.368. The van der Waals surface area contributed by atoms with Crippen LogP contribution in [0.4, 0.5) is 0 Å². The van der Waals surface area contributed by atoms with Gasteiger partial charge in [-0.05, 0) is 49.0 Å². The highest BCUT2D eigenvalue weighted by molar-refractivity contribution is 5.42. The molecule has 1 N–H and O–H groups in total. The zero-order valence-corrected chi connectivity index (χ0v) is 12.2. The van der Waals surface area contributed by atoms with E-state index >= 15 is 0 Å². The standard InChI is InChI=1S/C19H23N/c1-2-20-13-12-19(18-10-4-3-5-11-18)14-16-8-6-7-9-17(16)15-19/h3-11,20H,2,12-15H2,1H3. The van der Waals surface area contributed by atoms with E-state index in [4.69, 9.17) is 0 Å². The van der Waals surface area contributed by atoms with Gasteiger partial charge in [0.25, 0.3) is 0 Å². The highest BCUT2D eigenvalue weighted by Crippen LogP contribution is 2.42. The zero-order valence-electron chi connectivity index (χ0n) is 12.2. The average molecular weight is 265 g/mol. The number of rotatable bonds is 5. The Morgan fingerprint density at radius 3 is 2.10 bits per heavy atom. The second-order valence-corrected chi connectivity index (χ2v) is 5.87. The summed E-state index contributed by atoms with van der Waals surface area (Å²) >= 11 is 0. The molecular weight excluding hydrogens is 242 g/mol. The number of benzene rings is 2. The Morgan fingerprint density at radius 2 is 1.50 bits per heavy atom. The summed E-state index contributed by atoms with van der Waals surface area (Å²) in [5.41, 5.74) is 4.85. The topological polar surface area (TPSA) is 12.0 Å². The molecule has 0 bridgehead atoms. The molecule has 0 spiro atoms. The van der Waals surface area contributed by atoms with E-state index in [-0.39, 0.29) is 5.41 Å². The summed E-state index contributed by atoms with van der Waals surface area (Å²) in [6.45, 7) is 4.33. The van der Waals surface area contributed by atoms with Gasteiger partial charge in [-0.25, -0.2) is 0 Å². The molecule has 3 rings (SSSR count). The van der Waals surface area contributed by atoms with Crippen LogP contribution in [0.2, 0.25) is 0 Å². The predicted molar refractivity (Wildman–Crippen MR) is 85.1 cm³/mol. The first-order chi connectivity index (χ1) is 9.84. The van der Waals surface area contributed by atoms with Crippen LogP contribution in [0, 0.1) is 0 Å². The van der Waals surface area contributed by atoms with Crippen LogP contribution >= 0.6 is 0 Å². The van der Waals surface area contributed by atoms with Gasteiger partial charge in [0.2, 0.25) is 0 Å². The van der Waals surface area contributed by atoms with Crippen molar-refractivity contribution in [1.29, 1.82) is 0 Å². The predicted octanol–water partition coefficient (Wildman–Crippen LogP) is 3.72. The average Bonchev–Trinajstić information content (AvgIpc) is 2.88. The van der Waals surface area contributed by atoms with Crippen LogP contribution < -0.4 is 5.32 Å². The summed E-state index contributed by atoms with van der Waals surface area (Å²) in [6, 6.07) is 20.0. The normalized spacial score (nSPS) is 16.1. The lowest BCUT2D eigenvalue weighted by molar-refractivity contribution is 0.403. The van der Waals surface area contributed by atoms with Gasteiger partial charge in [0, 0.05) is 5.41 Å². The van der Waals surface area contributed by atoms with Crippen LogP contribution in [0.3, 0.4) is 0 Å². The molecule has 0 aromatic heterocycles. The van der Waals surface area contributed by atoms with Crippen molar-refractivity contribution in [3.8, 4) is 0 Å². The molecule has 0 atom stereocenters. The van der Waals surface area contributed by atoms with Crippen LogP contribution in [0.15, 0.2) is 54.6 Å². The summed E-state index contributed by atoms with van der Waals surface area (Å²) in [7, 11) is 0. The number of hydrogen-bond acceptors (Lipinski definition) is 1. The molecule has 2 aromatic rings. The van der Waals surface area contributed by atoms with Crippen molar-refractivity contribution in [2.45, 2.75) is 31.6 Å². The lowest BCUT2D eigenvalue weighted by Crippen LogP contribution is -2.31. The van der Waals surface area contributed by atoms with Gasteiger partial charge in [-0.2, -0.15) is 0 Å². The second-order valence-electron chi connectivity index (χ2n) is 5.87. The van der Waals surface area contributed by atoms with Gasteiger partial charge in [-0.15, -0.1) is 0 Å². The SMILES string of the molecule is CCNCCC1(c2ccccc2)Cc2ccccc2C1. The quantitative estimate of drug-likeness (QED) is 0.812. The molecule has 1 nitrogen and oxygen atoms in total. The molecule has 1 aliphatic rings. The van der Waals surface area contributed by atoms with Gasteiger partial charge in [0.05, 0.1) is 0 Å². The molecule has 0 amide bonds. The molecule has 104 valence electrons. The van der Waals surface area contributed by atoms with E-state index in [0.717, 1.165) is 13.1 Å². The van der Waals surface area contributed by atoms with Crippen molar-refractivity contribution in [2.75, 3.05) is 13.1 Å². The van der Waals surface area contributed by atoms with E-state index in [1.807, 2.05) is 0 Å². The van der Waals surface area contributed by atoms with E-state index in [1.165, 1.54) is 36.0 Å². The monoisotopic (exact) mass is 265 g/mol. The van der Waals surface area contributed by atoms with Crippen molar-refractivity contribution in [3.63, 3.8) is 0 Å². The number of hydrogen-bond donors (Lipinski definition) is 1. The molecule has 1 aliphatic carbocycles. The minimum atomic E-state index is 0.285. The summed E-state index contributed by atoms with van der Waals surface area (Å²) in [5.74, 6) is 0. The van der Waals surface area contributed by atoms with Gasteiger partial charge < -0.3 is 5.32 Å². The Kier molecular flexibility index (Phi) is 3.88. The molecule has 0 unspecified atom stereocenters. The van der Waals surface area contributed by atoms with Crippen molar-refractivity contribution < 1.29 is 0 Å². The number of nitrogens with one attached hydrogen (secondary N) is 1. The third-order valence-electron chi connectivity index (χ3n) is 4.59. The van der Waals surface area contributed by atoms with Gasteiger partial charge >= 0.3 is 0 Å². The minimum Gasteiger partial charge on any atom is -0.317 e. The third-order valence-corrected chi connectivity index (χ3v) is 4.59. The first kappa shape index (κ1) is 13.4.